The van der Waals surface area contributed by atoms with Crippen LogP contribution in [-0.4, -0.2) is 36.5 Å². The average molecular weight is 495 g/mol. The number of rotatable bonds is 5. The van der Waals surface area contributed by atoms with Crippen LogP contribution in [0.3, 0.4) is 0 Å². The predicted molar refractivity (Wildman–Crippen MR) is 102 cm³/mol. The fourth-order valence-electron chi connectivity index (χ4n) is 2.66. The summed E-state index contributed by atoms with van der Waals surface area (Å²) in [5, 5.41) is 9.88. The molecule has 134 valence electrons. The van der Waals surface area contributed by atoms with Crippen molar-refractivity contribution in [1.29, 1.82) is 0 Å². The Labute approximate surface area is 167 Å². The first-order chi connectivity index (χ1) is 12.1. The van der Waals surface area contributed by atoms with E-state index in [0.29, 0.717) is 29.8 Å². The van der Waals surface area contributed by atoms with Gasteiger partial charge in [-0.05, 0) is 28.1 Å². The van der Waals surface area contributed by atoms with E-state index >= 15 is 0 Å². The highest BCUT2D eigenvalue weighted by Crippen LogP contribution is 2.36. The molecule has 0 bridgehead atoms. The molecule has 0 atom stereocenters. The number of pyridine rings is 1. The quantitative estimate of drug-likeness (QED) is 0.379. The lowest BCUT2D eigenvalue weighted by atomic mass is 10.2. The number of halogens is 3. The van der Waals surface area contributed by atoms with E-state index in [1.807, 2.05) is 12.1 Å². The van der Waals surface area contributed by atoms with E-state index in [9.17, 15) is 5.21 Å². The SMILES string of the molecule is O[NH2+]c1cc(Br)cc(Br)c1OCc1c(N2CCOCC2)ccnc1Cl. The Kier molecular flexibility index (Phi) is 6.54. The summed E-state index contributed by atoms with van der Waals surface area (Å²) >= 11 is 13.2. The number of hydrogen-bond acceptors (Lipinski definition) is 5. The molecule has 3 N–H and O–H groups in total. The Balaban J connectivity index is 1.86. The smallest absolute Gasteiger partial charge is 0.206 e. The van der Waals surface area contributed by atoms with Crippen LogP contribution in [0.2, 0.25) is 5.15 Å². The maximum absolute atomic E-state index is 9.47. The van der Waals surface area contributed by atoms with Crippen LogP contribution in [0.5, 0.6) is 5.75 Å². The van der Waals surface area contributed by atoms with Crippen LogP contribution < -0.4 is 15.1 Å². The maximum Gasteiger partial charge on any atom is 0.206 e. The first-order valence-electron chi connectivity index (χ1n) is 7.65. The summed E-state index contributed by atoms with van der Waals surface area (Å²) in [7, 11) is 0. The van der Waals surface area contributed by atoms with Gasteiger partial charge in [0.25, 0.3) is 0 Å². The van der Waals surface area contributed by atoms with Gasteiger partial charge in [-0.15, -0.1) is 0 Å². The number of quaternary nitrogens is 1. The van der Waals surface area contributed by atoms with E-state index in [0.717, 1.165) is 38.8 Å². The summed E-state index contributed by atoms with van der Waals surface area (Å²) in [5.74, 6) is 0.540. The molecule has 0 amide bonds. The van der Waals surface area contributed by atoms with Crippen molar-refractivity contribution in [3.63, 3.8) is 0 Å². The minimum absolute atomic E-state index is 0.237. The van der Waals surface area contributed by atoms with Gasteiger partial charge in [0, 0.05) is 35.5 Å². The van der Waals surface area contributed by atoms with Crippen LogP contribution in [0, 0.1) is 0 Å². The van der Waals surface area contributed by atoms with Gasteiger partial charge in [-0.3, -0.25) is 0 Å². The molecule has 1 aromatic heterocycles. The molecule has 1 aliphatic rings. The first kappa shape index (κ1) is 18.9. The van der Waals surface area contributed by atoms with Crippen LogP contribution in [0.25, 0.3) is 0 Å². The van der Waals surface area contributed by atoms with Crippen LogP contribution in [0.15, 0.2) is 33.3 Å². The minimum Gasteiger partial charge on any atom is -0.482 e. The summed E-state index contributed by atoms with van der Waals surface area (Å²) in [6.07, 6.45) is 1.69. The number of nitrogens with two attached hydrogens (primary N) is 1. The van der Waals surface area contributed by atoms with Crippen molar-refractivity contribution < 1.29 is 20.2 Å². The summed E-state index contributed by atoms with van der Waals surface area (Å²) in [6.45, 7) is 3.20. The van der Waals surface area contributed by atoms with Gasteiger partial charge in [-0.1, -0.05) is 27.5 Å². The topological polar surface area (TPSA) is 71.4 Å². The maximum atomic E-state index is 9.47. The van der Waals surface area contributed by atoms with Crippen molar-refractivity contribution in [2.45, 2.75) is 6.61 Å². The van der Waals surface area contributed by atoms with Crippen LogP contribution >= 0.6 is 43.5 Å². The van der Waals surface area contributed by atoms with Gasteiger partial charge in [0.15, 0.2) is 5.75 Å². The molecule has 25 heavy (non-hydrogen) atoms. The van der Waals surface area contributed by atoms with E-state index in [2.05, 4.69) is 41.7 Å². The Bertz CT molecular complexity index is 758. The summed E-state index contributed by atoms with van der Waals surface area (Å²) in [5.41, 5.74) is 3.38. The molecular weight excluding hydrogens is 477 g/mol. The van der Waals surface area contributed by atoms with E-state index in [1.54, 1.807) is 12.3 Å². The fraction of sp³-hybridized carbons (Fsp3) is 0.312. The molecule has 2 heterocycles. The van der Waals surface area contributed by atoms with Crippen molar-refractivity contribution in [3.05, 3.63) is 44.1 Å². The Hall–Kier alpha value is -0.900. The van der Waals surface area contributed by atoms with Crippen LogP contribution in [0.4, 0.5) is 11.4 Å². The first-order valence-corrected chi connectivity index (χ1v) is 9.62. The normalized spacial score (nSPS) is 14.6. The minimum atomic E-state index is 0.237. The van der Waals surface area contributed by atoms with E-state index in [4.69, 9.17) is 21.1 Å². The van der Waals surface area contributed by atoms with Crippen molar-refractivity contribution in [1.82, 2.24) is 4.98 Å². The van der Waals surface area contributed by atoms with Crippen molar-refractivity contribution in [3.8, 4) is 5.75 Å². The largest absolute Gasteiger partial charge is 0.482 e. The van der Waals surface area contributed by atoms with Gasteiger partial charge in [-0.2, -0.15) is 5.48 Å². The second kappa shape index (κ2) is 8.66. The lowest BCUT2D eigenvalue weighted by molar-refractivity contribution is -0.826. The van der Waals surface area contributed by atoms with E-state index in [-0.39, 0.29) is 6.61 Å². The second-order valence-electron chi connectivity index (χ2n) is 5.42. The molecule has 2 aromatic rings. The number of hydrogen-bond donors (Lipinski definition) is 2. The number of morpholine rings is 1. The van der Waals surface area contributed by atoms with Crippen molar-refractivity contribution in [2.24, 2.45) is 0 Å². The summed E-state index contributed by atoms with van der Waals surface area (Å²) in [4.78, 5) is 6.39. The molecule has 1 aromatic carbocycles. The number of ether oxygens (including phenoxy) is 2. The Morgan fingerprint density at radius 1 is 1.32 bits per heavy atom. The van der Waals surface area contributed by atoms with E-state index in [1.165, 1.54) is 0 Å². The molecule has 9 heteroatoms. The second-order valence-corrected chi connectivity index (χ2v) is 7.55. The number of anilines is 1. The van der Waals surface area contributed by atoms with Gasteiger partial charge in [0.2, 0.25) is 5.69 Å². The molecule has 0 unspecified atom stereocenters. The summed E-state index contributed by atoms with van der Waals surface area (Å²) in [6, 6.07) is 5.56. The number of aromatic nitrogens is 1. The Morgan fingerprint density at radius 2 is 2.08 bits per heavy atom. The molecule has 3 rings (SSSR count). The van der Waals surface area contributed by atoms with Crippen LogP contribution in [0.1, 0.15) is 5.56 Å². The molecule has 1 aliphatic heterocycles. The number of benzene rings is 1. The highest BCUT2D eigenvalue weighted by molar-refractivity contribution is 9.11. The average Bonchev–Trinajstić information content (AvgIpc) is 2.62. The molecule has 1 saturated heterocycles. The zero-order valence-electron chi connectivity index (χ0n) is 13.2. The monoisotopic (exact) mass is 492 g/mol. The van der Waals surface area contributed by atoms with E-state index < -0.39 is 0 Å². The Morgan fingerprint density at radius 3 is 2.80 bits per heavy atom. The number of nitrogens with zero attached hydrogens (tertiary/aromatic N) is 2. The lowest BCUT2D eigenvalue weighted by Crippen LogP contribution is -2.73. The summed E-state index contributed by atoms with van der Waals surface area (Å²) < 4.78 is 12.9. The third-order valence-corrected chi connectivity index (χ3v) is 5.24. The molecule has 0 aliphatic carbocycles. The van der Waals surface area contributed by atoms with Gasteiger partial charge < -0.3 is 14.4 Å². The van der Waals surface area contributed by atoms with Crippen molar-refractivity contribution in [2.75, 3.05) is 31.2 Å². The third kappa shape index (κ3) is 4.45. The standard InChI is InChI=1S/C16H16Br2ClN3O3/c17-10-7-12(18)15(13(8-10)21-23)25-9-11-14(1-2-20-16(11)19)22-3-5-24-6-4-22/h1-2,7-8,21,23H,3-6,9H2/p+1. The lowest BCUT2D eigenvalue weighted by Gasteiger charge is -2.30. The fourth-order valence-corrected chi connectivity index (χ4v) is 4.24. The molecule has 0 radical (unpaired) electrons. The van der Waals surface area contributed by atoms with Gasteiger partial charge in [0.1, 0.15) is 11.8 Å². The van der Waals surface area contributed by atoms with Gasteiger partial charge >= 0.3 is 0 Å². The predicted octanol–water partition coefficient (Wildman–Crippen LogP) is 3.26. The molecule has 0 spiro atoms. The molecule has 1 fully saturated rings. The van der Waals surface area contributed by atoms with Gasteiger partial charge in [-0.25, -0.2) is 10.2 Å². The molecular formula is C16H17Br2ClN3O3+. The highest BCUT2D eigenvalue weighted by Gasteiger charge is 2.20. The van der Waals surface area contributed by atoms with Gasteiger partial charge in [0.05, 0.1) is 23.2 Å². The zero-order chi connectivity index (χ0) is 17.8. The molecule has 6 nitrogen and oxygen atoms in total. The highest BCUT2D eigenvalue weighted by atomic mass is 79.9. The van der Waals surface area contributed by atoms with Crippen LogP contribution in [-0.2, 0) is 11.3 Å². The third-order valence-electron chi connectivity index (χ3n) is 3.87. The molecule has 0 saturated carbocycles. The van der Waals surface area contributed by atoms with Crippen molar-refractivity contribution >= 4 is 54.8 Å². The zero-order valence-corrected chi connectivity index (χ0v) is 17.1.